The van der Waals surface area contributed by atoms with Gasteiger partial charge in [0.2, 0.25) is 0 Å². The number of pyridine rings is 1. The molecule has 0 aromatic carbocycles. The fraction of sp³-hybridized carbons (Fsp3) is 0.500. The van der Waals surface area contributed by atoms with E-state index in [1.54, 1.807) is 11.8 Å². The molecule has 0 fully saturated rings. The minimum Gasteiger partial charge on any atom is -0.313 e. The minimum atomic E-state index is 0.916. The number of hydrogen-bond donors (Lipinski definition) is 1. The molecule has 0 bridgehead atoms. The molecule has 1 heterocycles. The number of nitrogens with zero attached hydrogens (tertiary/aromatic N) is 1. The van der Waals surface area contributed by atoms with Crippen LogP contribution in [0.1, 0.15) is 18.1 Å². The van der Waals surface area contributed by atoms with Crippen LogP contribution >= 0.6 is 11.8 Å². The van der Waals surface area contributed by atoms with Crippen molar-refractivity contribution in [1.82, 2.24) is 10.3 Å². The Labute approximate surface area is 84.1 Å². The zero-order valence-electron chi connectivity index (χ0n) is 8.42. The lowest BCUT2D eigenvalue weighted by Gasteiger charge is -2.05. The van der Waals surface area contributed by atoms with Gasteiger partial charge in [-0.25, -0.2) is 4.98 Å². The van der Waals surface area contributed by atoms with Crippen molar-refractivity contribution in [2.24, 2.45) is 0 Å². The van der Waals surface area contributed by atoms with Crippen molar-refractivity contribution < 1.29 is 0 Å². The van der Waals surface area contributed by atoms with Gasteiger partial charge < -0.3 is 5.32 Å². The molecule has 2 nitrogen and oxygen atoms in total. The molecule has 0 radical (unpaired) electrons. The maximum Gasteiger partial charge on any atom is 0.0986 e. The lowest BCUT2D eigenvalue weighted by atomic mass is 10.2. The third-order valence-electron chi connectivity index (χ3n) is 1.86. The predicted octanol–water partition coefficient (Wildman–Crippen LogP) is 2.22. The first kappa shape index (κ1) is 10.5. The van der Waals surface area contributed by atoms with E-state index in [-0.39, 0.29) is 0 Å². The van der Waals surface area contributed by atoms with Gasteiger partial charge in [0, 0.05) is 12.7 Å². The summed E-state index contributed by atoms with van der Waals surface area (Å²) in [6, 6.07) is 2.20. The van der Waals surface area contributed by atoms with Crippen LogP contribution in [-0.4, -0.2) is 17.8 Å². The summed E-state index contributed by atoms with van der Waals surface area (Å²) < 4.78 is 0. The minimum absolute atomic E-state index is 0.916. The highest BCUT2D eigenvalue weighted by Crippen LogP contribution is 2.17. The van der Waals surface area contributed by atoms with Gasteiger partial charge in [-0.2, -0.15) is 0 Å². The van der Waals surface area contributed by atoms with E-state index in [0.29, 0.717) is 0 Å². The molecule has 0 aliphatic carbocycles. The Morgan fingerprint density at radius 3 is 2.85 bits per heavy atom. The van der Waals surface area contributed by atoms with E-state index >= 15 is 0 Å². The summed E-state index contributed by atoms with van der Waals surface area (Å²) in [5, 5.41) is 4.41. The molecule has 1 N–H and O–H groups in total. The molecule has 0 amide bonds. The summed E-state index contributed by atoms with van der Waals surface area (Å²) in [6.45, 7) is 6.13. The number of aromatic nitrogens is 1. The average Bonchev–Trinajstić information content (AvgIpc) is 2.15. The second kappa shape index (κ2) is 5.25. The van der Waals surface area contributed by atoms with Crippen molar-refractivity contribution in [2.75, 3.05) is 12.8 Å². The molecule has 3 heteroatoms. The molecule has 0 aliphatic heterocycles. The first-order valence-electron chi connectivity index (χ1n) is 4.48. The van der Waals surface area contributed by atoms with Crippen molar-refractivity contribution in [3.8, 4) is 0 Å². The van der Waals surface area contributed by atoms with Crippen molar-refractivity contribution in [2.45, 2.75) is 25.4 Å². The monoisotopic (exact) mass is 196 g/mol. The maximum atomic E-state index is 4.37. The number of thioether (sulfide) groups is 1. The fourth-order valence-corrected chi connectivity index (χ4v) is 1.74. The third kappa shape index (κ3) is 3.01. The van der Waals surface area contributed by atoms with Gasteiger partial charge >= 0.3 is 0 Å². The zero-order chi connectivity index (χ0) is 9.68. The van der Waals surface area contributed by atoms with Gasteiger partial charge in [-0.05, 0) is 30.9 Å². The van der Waals surface area contributed by atoms with Crippen LogP contribution in [0.25, 0.3) is 0 Å². The van der Waals surface area contributed by atoms with Crippen molar-refractivity contribution in [3.63, 3.8) is 0 Å². The van der Waals surface area contributed by atoms with Crippen LogP contribution in [0.4, 0.5) is 0 Å². The van der Waals surface area contributed by atoms with E-state index in [1.807, 2.05) is 6.20 Å². The Kier molecular flexibility index (Phi) is 4.25. The summed E-state index contributed by atoms with van der Waals surface area (Å²) in [6.07, 6.45) is 4.00. The number of nitrogens with one attached hydrogen (secondary N) is 1. The van der Waals surface area contributed by atoms with E-state index in [2.05, 4.69) is 36.5 Å². The summed E-state index contributed by atoms with van der Waals surface area (Å²) in [5.74, 6) is 0. The topological polar surface area (TPSA) is 24.9 Å². The van der Waals surface area contributed by atoms with E-state index in [9.17, 15) is 0 Å². The van der Waals surface area contributed by atoms with Crippen LogP contribution in [0, 0.1) is 6.92 Å². The highest BCUT2D eigenvalue weighted by molar-refractivity contribution is 7.98. The molecule has 0 saturated heterocycles. The van der Waals surface area contributed by atoms with Gasteiger partial charge in [0.05, 0.1) is 5.03 Å². The van der Waals surface area contributed by atoms with Gasteiger partial charge in [-0.1, -0.05) is 13.0 Å². The molecular formula is C10H16N2S. The Morgan fingerprint density at radius 2 is 2.31 bits per heavy atom. The predicted molar refractivity (Wildman–Crippen MR) is 58.1 cm³/mol. The molecule has 0 aliphatic rings. The van der Waals surface area contributed by atoms with Gasteiger partial charge in [-0.3, -0.25) is 0 Å². The molecule has 1 rings (SSSR count). The van der Waals surface area contributed by atoms with Crippen LogP contribution in [0.5, 0.6) is 0 Å². The zero-order valence-corrected chi connectivity index (χ0v) is 9.24. The van der Waals surface area contributed by atoms with Crippen molar-refractivity contribution in [3.05, 3.63) is 23.4 Å². The van der Waals surface area contributed by atoms with Crippen molar-refractivity contribution >= 4 is 11.8 Å². The van der Waals surface area contributed by atoms with Gasteiger partial charge in [0.1, 0.15) is 0 Å². The molecule has 13 heavy (non-hydrogen) atoms. The molecule has 0 spiro atoms. The Bertz CT molecular complexity index is 274. The third-order valence-corrected chi connectivity index (χ3v) is 2.67. The molecule has 1 aromatic heterocycles. The summed E-state index contributed by atoms with van der Waals surface area (Å²) >= 11 is 1.70. The molecule has 1 aromatic rings. The van der Waals surface area contributed by atoms with Gasteiger partial charge in [0.25, 0.3) is 0 Å². The van der Waals surface area contributed by atoms with Crippen LogP contribution in [0.2, 0.25) is 0 Å². The van der Waals surface area contributed by atoms with Crippen molar-refractivity contribution in [1.29, 1.82) is 0 Å². The average molecular weight is 196 g/mol. The second-order valence-corrected chi connectivity index (χ2v) is 3.75. The quantitative estimate of drug-likeness (QED) is 0.747. The Balaban J connectivity index is 2.71. The van der Waals surface area contributed by atoms with Crippen LogP contribution in [-0.2, 0) is 6.54 Å². The standard InChI is InChI=1S/C10H16N2S/c1-4-11-6-9-5-8(2)10(13-3)12-7-9/h5,7,11H,4,6H2,1-3H3. The van der Waals surface area contributed by atoms with Crippen LogP contribution in [0.3, 0.4) is 0 Å². The van der Waals surface area contributed by atoms with Gasteiger partial charge in [-0.15, -0.1) is 11.8 Å². The van der Waals surface area contributed by atoms with E-state index in [0.717, 1.165) is 18.1 Å². The lowest BCUT2D eigenvalue weighted by molar-refractivity contribution is 0.721. The SMILES string of the molecule is CCNCc1cnc(SC)c(C)c1. The number of hydrogen-bond acceptors (Lipinski definition) is 3. The molecule has 0 unspecified atom stereocenters. The fourth-order valence-electron chi connectivity index (χ4n) is 1.20. The summed E-state index contributed by atoms with van der Waals surface area (Å²) in [7, 11) is 0. The highest BCUT2D eigenvalue weighted by Gasteiger charge is 1.99. The van der Waals surface area contributed by atoms with Crippen LogP contribution < -0.4 is 5.32 Å². The maximum absolute atomic E-state index is 4.37. The second-order valence-electron chi connectivity index (χ2n) is 2.95. The molecule has 0 atom stereocenters. The van der Waals surface area contributed by atoms with Gasteiger partial charge in [0.15, 0.2) is 0 Å². The lowest BCUT2D eigenvalue weighted by Crippen LogP contribution is -2.12. The summed E-state index contributed by atoms with van der Waals surface area (Å²) in [5.41, 5.74) is 2.53. The number of aryl methyl sites for hydroxylation is 1. The van der Waals surface area contributed by atoms with E-state index < -0.39 is 0 Å². The number of rotatable bonds is 4. The highest BCUT2D eigenvalue weighted by atomic mass is 32.2. The Hall–Kier alpha value is -0.540. The molecular weight excluding hydrogens is 180 g/mol. The Morgan fingerprint density at radius 1 is 1.54 bits per heavy atom. The largest absolute Gasteiger partial charge is 0.313 e. The van der Waals surface area contributed by atoms with E-state index in [1.165, 1.54) is 11.1 Å². The first-order valence-corrected chi connectivity index (χ1v) is 5.70. The smallest absolute Gasteiger partial charge is 0.0986 e. The normalized spacial score (nSPS) is 10.4. The molecule has 0 saturated carbocycles. The van der Waals surface area contributed by atoms with Crippen LogP contribution in [0.15, 0.2) is 17.3 Å². The molecule has 72 valence electrons. The van der Waals surface area contributed by atoms with E-state index in [4.69, 9.17) is 0 Å². The summed E-state index contributed by atoms with van der Waals surface area (Å²) in [4.78, 5) is 4.37. The first-order chi connectivity index (χ1) is 6.27.